The van der Waals surface area contributed by atoms with Crippen LogP contribution in [0.3, 0.4) is 0 Å². The number of benzene rings is 1. The van der Waals surface area contributed by atoms with Crippen LogP contribution in [0.2, 0.25) is 0 Å². The summed E-state index contributed by atoms with van der Waals surface area (Å²) in [5.41, 5.74) is 2.23. The highest BCUT2D eigenvalue weighted by Gasteiger charge is 2.09. The fourth-order valence-electron chi connectivity index (χ4n) is 1.67. The van der Waals surface area contributed by atoms with Gasteiger partial charge in [0.05, 0.1) is 12.2 Å². The van der Waals surface area contributed by atoms with Crippen molar-refractivity contribution < 1.29 is 4.79 Å². The first kappa shape index (κ1) is 16.0. The van der Waals surface area contributed by atoms with Crippen molar-refractivity contribution in [3.8, 4) is 0 Å². The maximum absolute atomic E-state index is 11.4. The lowest BCUT2D eigenvalue weighted by atomic mass is 10.2. The van der Waals surface area contributed by atoms with Crippen LogP contribution in [0, 0.1) is 0 Å². The van der Waals surface area contributed by atoms with Crippen LogP contribution in [0.5, 0.6) is 0 Å². The van der Waals surface area contributed by atoms with Crippen molar-refractivity contribution >= 4 is 27.5 Å². The van der Waals surface area contributed by atoms with Crippen molar-refractivity contribution in [2.24, 2.45) is 0 Å². The zero-order chi connectivity index (χ0) is 14.4. The number of carbonyl (C=O) groups is 1. The van der Waals surface area contributed by atoms with E-state index in [1.165, 1.54) is 5.56 Å². The molecule has 0 atom stereocenters. The smallest absolute Gasteiger partial charge is 0.239 e. The van der Waals surface area contributed by atoms with Crippen LogP contribution in [0.25, 0.3) is 0 Å². The number of carbonyl (C=O) groups excluding carboxylic acids is 1. The summed E-state index contributed by atoms with van der Waals surface area (Å²) >= 11 is 3.57. The minimum atomic E-state index is -0.0000454. The highest BCUT2D eigenvalue weighted by Crippen LogP contribution is 2.26. The Balaban J connectivity index is 2.73. The predicted octanol–water partition coefficient (Wildman–Crippen LogP) is 2.13. The molecule has 1 aromatic rings. The summed E-state index contributed by atoms with van der Waals surface area (Å²) in [5, 5.41) is 6.00. The molecule has 0 spiro atoms. The van der Waals surface area contributed by atoms with Crippen molar-refractivity contribution in [2.75, 3.05) is 25.5 Å². The quantitative estimate of drug-likeness (QED) is 0.841. The number of likely N-dealkylation sites (N-methyl/N-ethyl adjacent to an activating group) is 2. The topological polar surface area (TPSA) is 44.4 Å². The van der Waals surface area contributed by atoms with Crippen LogP contribution >= 0.6 is 15.9 Å². The molecule has 0 fully saturated rings. The van der Waals surface area contributed by atoms with Crippen LogP contribution in [-0.4, -0.2) is 32.6 Å². The molecular weight excluding hydrogens is 306 g/mol. The fourth-order valence-corrected chi connectivity index (χ4v) is 2.40. The molecule has 0 heterocycles. The molecule has 106 valence electrons. The van der Waals surface area contributed by atoms with Crippen LogP contribution in [0.1, 0.15) is 19.4 Å². The van der Waals surface area contributed by atoms with Crippen molar-refractivity contribution in [1.82, 2.24) is 10.6 Å². The van der Waals surface area contributed by atoms with E-state index in [0.29, 0.717) is 12.6 Å². The Morgan fingerprint density at radius 1 is 1.42 bits per heavy atom. The average molecular weight is 328 g/mol. The van der Waals surface area contributed by atoms with Gasteiger partial charge in [0.25, 0.3) is 0 Å². The molecule has 0 bridgehead atoms. The molecule has 1 aromatic carbocycles. The van der Waals surface area contributed by atoms with E-state index in [4.69, 9.17) is 0 Å². The molecule has 0 aliphatic heterocycles. The number of anilines is 1. The van der Waals surface area contributed by atoms with Gasteiger partial charge in [-0.3, -0.25) is 4.79 Å². The van der Waals surface area contributed by atoms with Crippen LogP contribution in [0.15, 0.2) is 22.7 Å². The number of hydrogen-bond donors (Lipinski definition) is 2. The molecule has 1 amide bonds. The van der Waals surface area contributed by atoms with Crippen molar-refractivity contribution in [1.29, 1.82) is 0 Å². The molecule has 4 nitrogen and oxygen atoms in total. The first-order chi connectivity index (χ1) is 8.93. The van der Waals surface area contributed by atoms with E-state index in [1.807, 2.05) is 18.0 Å². The van der Waals surface area contributed by atoms with Gasteiger partial charge in [0.1, 0.15) is 0 Å². The number of amides is 1. The second-order valence-corrected chi connectivity index (χ2v) is 5.70. The number of nitrogens with one attached hydrogen (secondary N) is 2. The average Bonchev–Trinajstić information content (AvgIpc) is 2.35. The summed E-state index contributed by atoms with van der Waals surface area (Å²) in [7, 11) is 3.55. The van der Waals surface area contributed by atoms with E-state index in [9.17, 15) is 4.79 Å². The molecule has 0 unspecified atom stereocenters. The molecule has 1 rings (SSSR count). The molecule has 2 N–H and O–H groups in total. The second-order valence-electron chi connectivity index (χ2n) is 4.85. The van der Waals surface area contributed by atoms with Crippen molar-refractivity contribution in [3.05, 3.63) is 28.2 Å². The first-order valence-corrected chi connectivity index (χ1v) is 7.17. The third-order valence-electron chi connectivity index (χ3n) is 2.80. The molecular formula is C14H22BrN3O. The van der Waals surface area contributed by atoms with Gasteiger partial charge in [-0.05, 0) is 33.6 Å². The van der Waals surface area contributed by atoms with E-state index in [1.54, 1.807) is 7.05 Å². The minimum absolute atomic E-state index is 0.0000454. The summed E-state index contributed by atoms with van der Waals surface area (Å²) in [4.78, 5) is 13.3. The highest BCUT2D eigenvalue weighted by molar-refractivity contribution is 9.10. The van der Waals surface area contributed by atoms with Gasteiger partial charge in [0, 0.05) is 31.2 Å². The van der Waals surface area contributed by atoms with Crippen LogP contribution in [0.4, 0.5) is 5.69 Å². The Morgan fingerprint density at radius 3 is 2.63 bits per heavy atom. The maximum atomic E-state index is 11.4. The Labute approximate surface area is 123 Å². The Kier molecular flexibility index (Phi) is 6.31. The lowest BCUT2D eigenvalue weighted by Crippen LogP contribution is -2.33. The van der Waals surface area contributed by atoms with Gasteiger partial charge in [-0.1, -0.05) is 19.9 Å². The number of halogens is 1. The van der Waals surface area contributed by atoms with Gasteiger partial charge < -0.3 is 15.5 Å². The molecule has 5 heteroatoms. The summed E-state index contributed by atoms with van der Waals surface area (Å²) in [6.45, 7) is 5.44. The first-order valence-electron chi connectivity index (χ1n) is 6.37. The fraction of sp³-hybridized carbons (Fsp3) is 0.500. The number of hydrogen-bond acceptors (Lipinski definition) is 3. The van der Waals surface area contributed by atoms with Gasteiger partial charge in [-0.25, -0.2) is 0 Å². The highest BCUT2D eigenvalue weighted by atomic mass is 79.9. The van der Waals surface area contributed by atoms with E-state index in [-0.39, 0.29) is 5.91 Å². The summed E-state index contributed by atoms with van der Waals surface area (Å²) in [6, 6.07) is 6.67. The largest absolute Gasteiger partial charge is 0.364 e. The third-order valence-corrected chi connectivity index (χ3v) is 3.43. The zero-order valence-electron chi connectivity index (χ0n) is 12.0. The normalized spacial score (nSPS) is 10.6. The zero-order valence-corrected chi connectivity index (χ0v) is 13.5. The Morgan fingerprint density at radius 2 is 2.11 bits per heavy atom. The lowest BCUT2D eigenvalue weighted by molar-refractivity contribution is -0.119. The van der Waals surface area contributed by atoms with E-state index < -0.39 is 0 Å². The SMILES string of the molecule is CNC(=O)CN(C)c1ccc(CNC(C)C)cc1Br. The third kappa shape index (κ3) is 5.20. The summed E-state index contributed by atoms with van der Waals surface area (Å²) in [6.07, 6.45) is 0. The number of nitrogens with zero attached hydrogens (tertiary/aromatic N) is 1. The van der Waals surface area contributed by atoms with E-state index >= 15 is 0 Å². The monoisotopic (exact) mass is 327 g/mol. The van der Waals surface area contributed by atoms with Crippen LogP contribution in [-0.2, 0) is 11.3 Å². The minimum Gasteiger partial charge on any atom is -0.364 e. The second kappa shape index (κ2) is 7.50. The number of rotatable bonds is 6. The molecule has 0 saturated heterocycles. The molecule has 0 aliphatic carbocycles. The molecule has 0 aromatic heterocycles. The van der Waals surface area contributed by atoms with Crippen LogP contribution < -0.4 is 15.5 Å². The van der Waals surface area contributed by atoms with Gasteiger partial charge in [0.15, 0.2) is 0 Å². The van der Waals surface area contributed by atoms with Gasteiger partial charge in [-0.15, -0.1) is 0 Å². The molecule has 0 aliphatic rings. The Bertz CT molecular complexity index is 435. The predicted molar refractivity (Wildman–Crippen MR) is 83.5 cm³/mol. The van der Waals surface area contributed by atoms with Crippen molar-refractivity contribution in [2.45, 2.75) is 26.4 Å². The summed E-state index contributed by atoms with van der Waals surface area (Å²) in [5.74, 6) is -0.0000454. The lowest BCUT2D eigenvalue weighted by Gasteiger charge is -2.20. The maximum Gasteiger partial charge on any atom is 0.239 e. The van der Waals surface area contributed by atoms with Gasteiger partial charge in [-0.2, -0.15) is 0 Å². The molecule has 0 saturated carbocycles. The van der Waals surface area contributed by atoms with E-state index in [0.717, 1.165) is 16.7 Å². The molecule has 0 radical (unpaired) electrons. The van der Waals surface area contributed by atoms with Gasteiger partial charge >= 0.3 is 0 Å². The Hall–Kier alpha value is -1.07. The van der Waals surface area contributed by atoms with Gasteiger partial charge in [0.2, 0.25) is 5.91 Å². The molecule has 19 heavy (non-hydrogen) atoms. The van der Waals surface area contributed by atoms with E-state index in [2.05, 4.69) is 52.5 Å². The standard InChI is InChI=1S/C14H22BrN3O/c1-10(2)17-8-11-5-6-13(12(15)7-11)18(4)9-14(19)16-3/h5-7,10,17H,8-9H2,1-4H3,(H,16,19). The summed E-state index contributed by atoms with van der Waals surface area (Å²) < 4.78 is 1.00. The van der Waals surface area contributed by atoms with Crippen molar-refractivity contribution in [3.63, 3.8) is 0 Å².